The highest BCUT2D eigenvalue weighted by Crippen LogP contribution is 2.34. The first-order chi connectivity index (χ1) is 12.7. The second-order valence-corrected chi connectivity index (χ2v) is 7.80. The number of rotatable bonds is 4. The highest BCUT2D eigenvalue weighted by atomic mass is 32.1. The third-order valence-electron chi connectivity index (χ3n) is 4.93. The molecule has 0 saturated carbocycles. The van der Waals surface area contributed by atoms with Gasteiger partial charge in [0.1, 0.15) is 5.01 Å². The van der Waals surface area contributed by atoms with Gasteiger partial charge in [0.15, 0.2) is 0 Å². The van der Waals surface area contributed by atoms with Crippen LogP contribution in [0.5, 0.6) is 0 Å². The molecule has 2 aromatic heterocycles. The SMILES string of the molecule is Cc1ccccc1CNC(=O)C1CCc2nc(-c3cccnc3)sc2C1. The van der Waals surface area contributed by atoms with Gasteiger partial charge in [-0.05, 0) is 49.4 Å². The number of fused-ring (bicyclic) bond motifs is 1. The van der Waals surface area contributed by atoms with Crippen molar-refractivity contribution in [3.05, 3.63) is 70.5 Å². The maximum atomic E-state index is 12.6. The average Bonchev–Trinajstić information content (AvgIpc) is 3.11. The lowest BCUT2D eigenvalue weighted by Crippen LogP contribution is -2.33. The minimum Gasteiger partial charge on any atom is -0.352 e. The molecule has 0 spiro atoms. The fourth-order valence-corrected chi connectivity index (χ4v) is 4.52. The van der Waals surface area contributed by atoms with E-state index in [0.29, 0.717) is 6.54 Å². The van der Waals surface area contributed by atoms with Crippen molar-refractivity contribution in [3.63, 3.8) is 0 Å². The highest BCUT2D eigenvalue weighted by molar-refractivity contribution is 7.15. The highest BCUT2D eigenvalue weighted by Gasteiger charge is 2.27. The lowest BCUT2D eigenvalue weighted by atomic mass is 9.90. The molecule has 1 N–H and O–H groups in total. The summed E-state index contributed by atoms with van der Waals surface area (Å²) in [6.07, 6.45) is 6.13. The van der Waals surface area contributed by atoms with Crippen molar-refractivity contribution in [2.45, 2.75) is 32.7 Å². The largest absolute Gasteiger partial charge is 0.352 e. The maximum Gasteiger partial charge on any atom is 0.223 e. The van der Waals surface area contributed by atoms with Crippen LogP contribution in [0.4, 0.5) is 0 Å². The molecular formula is C21H21N3OS. The van der Waals surface area contributed by atoms with Gasteiger partial charge in [0.2, 0.25) is 5.91 Å². The molecule has 1 unspecified atom stereocenters. The van der Waals surface area contributed by atoms with Gasteiger partial charge in [-0.25, -0.2) is 4.98 Å². The fraction of sp³-hybridized carbons (Fsp3) is 0.286. The van der Waals surface area contributed by atoms with Gasteiger partial charge >= 0.3 is 0 Å². The number of thiazole rings is 1. The Morgan fingerprint density at radius 2 is 2.15 bits per heavy atom. The minimum absolute atomic E-state index is 0.0358. The molecule has 0 radical (unpaired) electrons. The molecule has 132 valence electrons. The first-order valence-electron chi connectivity index (χ1n) is 8.92. The van der Waals surface area contributed by atoms with Crippen molar-refractivity contribution in [1.82, 2.24) is 15.3 Å². The molecule has 0 aliphatic heterocycles. The van der Waals surface area contributed by atoms with E-state index in [4.69, 9.17) is 4.98 Å². The van der Waals surface area contributed by atoms with Crippen LogP contribution in [0.3, 0.4) is 0 Å². The molecule has 1 aliphatic rings. The Hall–Kier alpha value is -2.53. The van der Waals surface area contributed by atoms with Crippen molar-refractivity contribution < 1.29 is 4.79 Å². The molecule has 4 nitrogen and oxygen atoms in total. The smallest absolute Gasteiger partial charge is 0.223 e. The second kappa shape index (κ2) is 7.38. The van der Waals surface area contributed by atoms with Gasteiger partial charge in [0, 0.05) is 35.3 Å². The Kier molecular flexibility index (Phi) is 4.80. The molecule has 1 aliphatic carbocycles. The van der Waals surface area contributed by atoms with Crippen LogP contribution < -0.4 is 5.32 Å². The lowest BCUT2D eigenvalue weighted by Gasteiger charge is -2.20. The van der Waals surface area contributed by atoms with Gasteiger partial charge in [0.25, 0.3) is 0 Å². The number of aromatic nitrogens is 2. The van der Waals surface area contributed by atoms with Gasteiger partial charge < -0.3 is 5.32 Å². The number of hydrogen-bond acceptors (Lipinski definition) is 4. The van der Waals surface area contributed by atoms with E-state index in [-0.39, 0.29) is 11.8 Å². The first kappa shape index (κ1) is 16.9. The summed E-state index contributed by atoms with van der Waals surface area (Å²) in [5.74, 6) is 0.184. The topological polar surface area (TPSA) is 54.9 Å². The van der Waals surface area contributed by atoms with Crippen molar-refractivity contribution in [1.29, 1.82) is 0 Å². The predicted molar refractivity (Wildman–Crippen MR) is 104 cm³/mol. The summed E-state index contributed by atoms with van der Waals surface area (Å²) < 4.78 is 0. The quantitative estimate of drug-likeness (QED) is 0.764. The monoisotopic (exact) mass is 363 g/mol. The zero-order valence-electron chi connectivity index (χ0n) is 14.7. The zero-order chi connectivity index (χ0) is 17.9. The Balaban J connectivity index is 1.42. The van der Waals surface area contributed by atoms with Crippen molar-refractivity contribution in [2.24, 2.45) is 5.92 Å². The van der Waals surface area contributed by atoms with Crippen LogP contribution in [0.1, 0.15) is 28.1 Å². The predicted octanol–water partition coefficient (Wildman–Crippen LogP) is 3.93. The van der Waals surface area contributed by atoms with E-state index in [1.54, 1.807) is 17.5 Å². The number of nitrogens with one attached hydrogen (secondary N) is 1. The number of benzene rings is 1. The molecule has 0 saturated heterocycles. The Morgan fingerprint density at radius 1 is 1.27 bits per heavy atom. The van der Waals surface area contributed by atoms with Gasteiger partial charge in [-0.1, -0.05) is 24.3 Å². The van der Waals surface area contributed by atoms with Crippen LogP contribution in [0.2, 0.25) is 0 Å². The van der Waals surface area contributed by atoms with Crippen LogP contribution in [0.25, 0.3) is 10.6 Å². The average molecular weight is 363 g/mol. The van der Waals surface area contributed by atoms with E-state index in [9.17, 15) is 4.79 Å². The molecule has 1 amide bonds. The van der Waals surface area contributed by atoms with Crippen LogP contribution >= 0.6 is 11.3 Å². The third-order valence-corrected chi connectivity index (χ3v) is 6.10. The standard InChI is InChI=1S/C21H21N3OS/c1-14-5-2-3-6-16(14)13-23-20(25)15-8-9-18-19(11-15)26-21(24-18)17-7-4-10-22-12-17/h2-7,10,12,15H,8-9,11,13H2,1H3,(H,23,25). The molecular weight excluding hydrogens is 342 g/mol. The molecule has 5 heteroatoms. The maximum absolute atomic E-state index is 12.6. The van der Waals surface area contributed by atoms with Gasteiger partial charge in [-0.3, -0.25) is 9.78 Å². The Morgan fingerprint density at radius 3 is 2.96 bits per heavy atom. The van der Waals surface area contributed by atoms with Crippen LogP contribution in [-0.4, -0.2) is 15.9 Å². The van der Waals surface area contributed by atoms with Crippen molar-refractivity contribution in [2.75, 3.05) is 0 Å². The van der Waals surface area contributed by atoms with E-state index < -0.39 is 0 Å². The molecule has 0 bridgehead atoms. The van der Waals surface area contributed by atoms with E-state index in [1.165, 1.54) is 16.0 Å². The third kappa shape index (κ3) is 3.53. The molecule has 1 atom stereocenters. The lowest BCUT2D eigenvalue weighted by molar-refractivity contribution is -0.125. The summed E-state index contributed by atoms with van der Waals surface area (Å²) in [6, 6.07) is 12.1. The number of carbonyl (C=O) groups excluding carboxylic acids is 1. The number of aryl methyl sites for hydroxylation is 2. The summed E-state index contributed by atoms with van der Waals surface area (Å²) in [6.45, 7) is 2.67. The summed E-state index contributed by atoms with van der Waals surface area (Å²) in [5.41, 5.74) is 4.58. The number of nitrogens with zero attached hydrogens (tertiary/aromatic N) is 2. The zero-order valence-corrected chi connectivity index (χ0v) is 15.6. The molecule has 3 aromatic rings. The number of carbonyl (C=O) groups is 1. The summed E-state index contributed by atoms with van der Waals surface area (Å²) in [7, 11) is 0. The van der Waals surface area contributed by atoms with Crippen molar-refractivity contribution >= 4 is 17.2 Å². The molecule has 26 heavy (non-hydrogen) atoms. The normalized spacial score (nSPS) is 16.1. The van der Waals surface area contributed by atoms with Crippen LogP contribution in [0, 0.1) is 12.8 Å². The summed E-state index contributed by atoms with van der Waals surface area (Å²) >= 11 is 1.70. The van der Waals surface area contributed by atoms with E-state index in [0.717, 1.165) is 35.5 Å². The Bertz CT molecular complexity index is 920. The number of hydrogen-bond donors (Lipinski definition) is 1. The molecule has 0 fully saturated rings. The van der Waals surface area contributed by atoms with Crippen LogP contribution in [-0.2, 0) is 24.2 Å². The molecule has 2 heterocycles. The number of pyridine rings is 1. The van der Waals surface area contributed by atoms with E-state index in [1.807, 2.05) is 30.5 Å². The van der Waals surface area contributed by atoms with E-state index in [2.05, 4.69) is 29.4 Å². The Labute approximate surface area is 157 Å². The van der Waals surface area contributed by atoms with Gasteiger partial charge in [0.05, 0.1) is 5.69 Å². The van der Waals surface area contributed by atoms with Crippen molar-refractivity contribution in [3.8, 4) is 10.6 Å². The molecule has 4 rings (SSSR count). The summed E-state index contributed by atoms with van der Waals surface area (Å²) in [4.78, 5) is 22.8. The van der Waals surface area contributed by atoms with E-state index >= 15 is 0 Å². The minimum atomic E-state index is 0.0358. The van der Waals surface area contributed by atoms with Gasteiger partial charge in [-0.15, -0.1) is 11.3 Å². The van der Waals surface area contributed by atoms with Gasteiger partial charge in [-0.2, -0.15) is 0 Å². The second-order valence-electron chi connectivity index (χ2n) is 6.71. The van der Waals surface area contributed by atoms with Crippen LogP contribution in [0.15, 0.2) is 48.8 Å². The summed E-state index contributed by atoms with van der Waals surface area (Å²) in [5, 5.41) is 4.12. The fourth-order valence-electron chi connectivity index (χ4n) is 3.35. The number of amides is 1. The molecule has 1 aromatic carbocycles. The first-order valence-corrected chi connectivity index (χ1v) is 9.73.